The van der Waals surface area contributed by atoms with Gasteiger partial charge < -0.3 is 10.2 Å². The summed E-state index contributed by atoms with van der Waals surface area (Å²) < 4.78 is 0. The minimum atomic E-state index is 0.638. The molecule has 1 aliphatic heterocycles. The Morgan fingerprint density at radius 3 is 2.47 bits per heavy atom. The first-order valence-corrected chi connectivity index (χ1v) is 6.52. The highest BCUT2D eigenvalue weighted by atomic mass is 15.2. The van der Waals surface area contributed by atoms with Crippen molar-refractivity contribution in [2.75, 3.05) is 33.2 Å². The van der Waals surface area contributed by atoms with Crippen LogP contribution < -0.4 is 5.32 Å². The van der Waals surface area contributed by atoms with Crippen LogP contribution in [0.3, 0.4) is 0 Å². The number of hydrogen-bond acceptors (Lipinski definition) is 2. The van der Waals surface area contributed by atoms with Crippen LogP contribution >= 0.6 is 0 Å². The molecule has 0 aromatic rings. The molecule has 1 fully saturated rings. The first kappa shape index (κ1) is 13.0. The lowest BCUT2D eigenvalue weighted by atomic mass is 9.82. The second kappa shape index (κ2) is 5.86. The van der Waals surface area contributed by atoms with Crippen LogP contribution in [0.1, 0.15) is 40.0 Å². The van der Waals surface area contributed by atoms with Gasteiger partial charge in [0.1, 0.15) is 0 Å². The van der Waals surface area contributed by atoms with Crippen molar-refractivity contribution in [1.82, 2.24) is 10.2 Å². The lowest BCUT2D eigenvalue weighted by molar-refractivity contribution is 0.221. The summed E-state index contributed by atoms with van der Waals surface area (Å²) in [7, 11) is 2.04. The van der Waals surface area contributed by atoms with Gasteiger partial charge in [-0.1, -0.05) is 20.8 Å². The summed E-state index contributed by atoms with van der Waals surface area (Å²) in [6.45, 7) is 12.1. The van der Waals surface area contributed by atoms with E-state index in [9.17, 15) is 0 Å². The summed E-state index contributed by atoms with van der Waals surface area (Å²) >= 11 is 0. The van der Waals surface area contributed by atoms with Gasteiger partial charge in [-0.05, 0) is 50.7 Å². The van der Waals surface area contributed by atoms with Crippen LogP contribution in [0.4, 0.5) is 0 Å². The second-order valence-electron chi connectivity index (χ2n) is 5.36. The van der Waals surface area contributed by atoms with Gasteiger partial charge in [-0.25, -0.2) is 0 Å². The van der Waals surface area contributed by atoms with Gasteiger partial charge in [0, 0.05) is 13.1 Å². The van der Waals surface area contributed by atoms with Crippen LogP contribution in [-0.4, -0.2) is 38.1 Å². The molecule has 1 heterocycles. The van der Waals surface area contributed by atoms with E-state index in [-0.39, 0.29) is 0 Å². The van der Waals surface area contributed by atoms with Crippen molar-refractivity contribution in [2.45, 2.75) is 40.0 Å². The van der Waals surface area contributed by atoms with E-state index in [4.69, 9.17) is 0 Å². The van der Waals surface area contributed by atoms with E-state index in [1.54, 1.807) is 0 Å². The first-order chi connectivity index (χ1) is 7.15. The predicted octanol–water partition coefficient (Wildman–Crippen LogP) is 2.35. The molecule has 2 heteroatoms. The van der Waals surface area contributed by atoms with Gasteiger partial charge >= 0.3 is 0 Å². The molecule has 2 nitrogen and oxygen atoms in total. The van der Waals surface area contributed by atoms with E-state index in [2.05, 4.69) is 31.0 Å². The molecule has 15 heavy (non-hydrogen) atoms. The molecule has 1 atom stereocenters. The van der Waals surface area contributed by atoms with Gasteiger partial charge in [-0.2, -0.15) is 0 Å². The van der Waals surface area contributed by atoms with E-state index in [1.807, 2.05) is 7.05 Å². The molecule has 1 aliphatic rings. The standard InChI is InChI=1S/C13H28N2/c1-5-13(6-2)7-8-15(11-13)10-12(3)9-14-4/h12,14H,5-11H2,1-4H3. The molecule has 0 radical (unpaired) electrons. The van der Waals surface area contributed by atoms with Crippen LogP contribution in [0, 0.1) is 11.3 Å². The van der Waals surface area contributed by atoms with Crippen molar-refractivity contribution >= 4 is 0 Å². The third-order valence-electron chi connectivity index (χ3n) is 4.14. The fraction of sp³-hybridized carbons (Fsp3) is 1.00. The zero-order valence-electron chi connectivity index (χ0n) is 11.0. The number of hydrogen-bond donors (Lipinski definition) is 1. The lowest BCUT2D eigenvalue weighted by Crippen LogP contribution is -2.33. The van der Waals surface area contributed by atoms with Gasteiger partial charge in [0.15, 0.2) is 0 Å². The zero-order chi connectivity index (χ0) is 11.3. The SMILES string of the molecule is CCC1(CC)CCN(CC(C)CNC)C1. The molecule has 1 N–H and O–H groups in total. The molecule has 0 aliphatic carbocycles. The van der Waals surface area contributed by atoms with Crippen molar-refractivity contribution in [3.63, 3.8) is 0 Å². The maximum absolute atomic E-state index is 3.26. The van der Waals surface area contributed by atoms with Gasteiger partial charge in [0.05, 0.1) is 0 Å². The molecular weight excluding hydrogens is 184 g/mol. The monoisotopic (exact) mass is 212 g/mol. The lowest BCUT2D eigenvalue weighted by Gasteiger charge is -2.27. The fourth-order valence-electron chi connectivity index (χ4n) is 2.86. The second-order valence-corrected chi connectivity index (χ2v) is 5.36. The number of rotatable bonds is 6. The van der Waals surface area contributed by atoms with E-state index in [0.29, 0.717) is 5.41 Å². The average molecular weight is 212 g/mol. The highest BCUT2D eigenvalue weighted by molar-refractivity contribution is 4.88. The fourth-order valence-corrected chi connectivity index (χ4v) is 2.86. The number of nitrogens with zero attached hydrogens (tertiary/aromatic N) is 1. The van der Waals surface area contributed by atoms with Crippen LogP contribution in [0.15, 0.2) is 0 Å². The molecule has 90 valence electrons. The molecule has 0 aromatic heterocycles. The van der Waals surface area contributed by atoms with Crippen LogP contribution in [-0.2, 0) is 0 Å². The molecule has 1 rings (SSSR count). The molecule has 0 amide bonds. The van der Waals surface area contributed by atoms with Crippen molar-refractivity contribution < 1.29 is 0 Å². The maximum Gasteiger partial charge on any atom is 0.00384 e. The van der Waals surface area contributed by atoms with Gasteiger partial charge in [0.25, 0.3) is 0 Å². The molecule has 0 spiro atoms. The Morgan fingerprint density at radius 2 is 2.00 bits per heavy atom. The Hall–Kier alpha value is -0.0800. The Labute approximate surface area is 95.4 Å². The third kappa shape index (κ3) is 3.46. The third-order valence-corrected chi connectivity index (χ3v) is 4.14. The Morgan fingerprint density at radius 1 is 1.33 bits per heavy atom. The molecule has 0 saturated carbocycles. The average Bonchev–Trinajstić information content (AvgIpc) is 2.63. The molecule has 1 unspecified atom stereocenters. The molecular formula is C13H28N2. The normalized spacial score (nSPS) is 23.2. The predicted molar refractivity (Wildman–Crippen MR) is 67.2 cm³/mol. The zero-order valence-corrected chi connectivity index (χ0v) is 11.0. The quantitative estimate of drug-likeness (QED) is 0.727. The first-order valence-electron chi connectivity index (χ1n) is 6.52. The molecule has 0 aromatic carbocycles. The number of nitrogens with one attached hydrogen (secondary N) is 1. The minimum absolute atomic E-state index is 0.638. The van der Waals surface area contributed by atoms with Crippen LogP contribution in [0.25, 0.3) is 0 Å². The Balaban J connectivity index is 2.35. The van der Waals surface area contributed by atoms with Gasteiger partial charge in [-0.15, -0.1) is 0 Å². The van der Waals surface area contributed by atoms with Crippen molar-refractivity contribution in [1.29, 1.82) is 0 Å². The summed E-state index contributed by atoms with van der Waals surface area (Å²) in [5.74, 6) is 0.777. The van der Waals surface area contributed by atoms with Crippen LogP contribution in [0.2, 0.25) is 0 Å². The van der Waals surface area contributed by atoms with E-state index < -0.39 is 0 Å². The van der Waals surface area contributed by atoms with E-state index in [0.717, 1.165) is 12.5 Å². The summed E-state index contributed by atoms with van der Waals surface area (Å²) in [6.07, 6.45) is 4.10. The summed E-state index contributed by atoms with van der Waals surface area (Å²) in [4.78, 5) is 2.66. The van der Waals surface area contributed by atoms with Crippen molar-refractivity contribution in [3.05, 3.63) is 0 Å². The van der Waals surface area contributed by atoms with Gasteiger partial charge in [-0.3, -0.25) is 0 Å². The van der Waals surface area contributed by atoms with Crippen molar-refractivity contribution in [3.8, 4) is 0 Å². The largest absolute Gasteiger partial charge is 0.319 e. The minimum Gasteiger partial charge on any atom is -0.319 e. The highest BCUT2D eigenvalue weighted by Crippen LogP contribution is 2.36. The van der Waals surface area contributed by atoms with Crippen molar-refractivity contribution in [2.24, 2.45) is 11.3 Å². The summed E-state index contributed by atoms with van der Waals surface area (Å²) in [5.41, 5.74) is 0.638. The van der Waals surface area contributed by atoms with E-state index in [1.165, 1.54) is 38.9 Å². The smallest absolute Gasteiger partial charge is 0.00384 e. The Kier molecular flexibility index (Phi) is 5.07. The topological polar surface area (TPSA) is 15.3 Å². The van der Waals surface area contributed by atoms with Crippen LogP contribution in [0.5, 0.6) is 0 Å². The number of likely N-dealkylation sites (tertiary alicyclic amines) is 1. The summed E-state index contributed by atoms with van der Waals surface area (Å²) in [6, 6.07) is 0. The van der Waals surface area contributed by atoms with E-state index >= 15 is 0 Å². The molecule has 0 bridgehead atoms. The molecule has 1 saturated heterocycles. The Bertz CT molecular complexity index is 175. The maximum atomic E-state index is 3.26. The van der Waals surface area contributed by atoms with Gasteiger partial charge in [0.2, 0.25) is 0 Å². The highest BCUT2D eigenvalue weighted by Gasteiger charge is 2.34. The summed E-state index contributed by atoms with van der Waals surface area (Å²) in [5, 5.41) is 3.26.